The minimum atomic E-state index is 0.0716. The molecule has 1 aromatic rings. The van der Waals surface area contributed by atoms with Crippen LogP contribution in [0.25, 0.3) is 0 Å². The van der Waals surface area contributed by atoms with Gasteiger partial charge in [-0.05, 0) is 25.2 Å². The third-order valence-corrected chi connectivity index (χ3v) is 3.52. The molecule has 4 nitrogen and oxygen atoms in total. The van der Waals surface area contributed by atoms with Crippen molar-refractivity contribution in [2.75, 3.05) is 34.4 Å². The third-order valence-electron chi connectivity index (χ3n) is 3.13. The summed E-state index contributed by atoms with van der Waals surface area (Å²) in [7, 11) is 5.19. The van der Waals surface area contributed by atoms with Gasteiger partial charge >= 0.3 is 0 Å². The van der Waals surface area contributed by atoms with Gasteiger partial charge in [0.2, 0.25) is 0 Å². The third kappa shape index (κ3) is 2.88. The molecule has 0 radical (unpaired) electrons. The standard InChI is InChI=1S/C13H21ClN2O2/c1-5-16(2)10(8-15)9-6-7-11(17-3)13(18-4)12(9)14/h6-7,10H,5,8,15H2,1-4H3. The Hall–Kier alpha value is -0.970. The molecule has 1 aromatic carbocycles. The van der Waals surface area contributed by atoms with E-state index in [0.717, 1.165) is 12.1 Å². The highest BCUT2D eigenvalue weighted by Crippen LogP contribution is 2.40. The van der Waals surface area contributed by atoms with Crippen LogP contribution < -0.4 is 15.2 Å². The summed E-state index contributed by atoms with van der Waals surface area (Å²) >= 11 is 6.38. The minimum absolute atomic E-state index is 0.0716. The Morgan fingerprint density at radius 2 is 2.00 bits per heavy atom. The predicted molar refractivity (Wildman–Crippen MR) is 74.7 cm³/mol. The number of benzene rings is 1. The molecule has 0 amide bonds. The van der Waals surface area contributed by atoms with E-state index in [2.05, 4.69) is 11.8 Å². The van der Waals surface area contributed by atoms with Crippen LogP contribution in [0.2, 0.25) is 5.02 Å². The molecule has 1 unspecified atom stereocenters. The first-order chi connectivity index (χ1) is 8.60. The largest absolute Gasteiger partial charge is 0.493 e. The zero-order valence-electron chi connectivity index (χ0n) is 11.4. The fourth-order valence-electron chi connectivity index (χ4n) is 1.93. The van der Waals surface area contributed by atoms with Crippen molar-refractivity contribution in [1.82, 2.24) is 4.90 Å². The van der Waals surface area contributed by atoms with E-state index in [1.807, 2.05) is 19.2 Å². The summed E-state index contributed by atoms with van der Waals surface area (Å²) in [6.07, 6.45) is 0. The van der Waals surface area contributed by atoms with Gasteiger partial charge in [-0.15, -0.1) is 0 Å². The van der Waals surface area contributed by atoms with E-state index in [0.29, 0.717) is 23.1 Å². The van der Waals surface area contributed by atoms with Crippen LogP contribution in [0.5, 0.6) is 11.5 Å². The van der Waals surface area contributed by atoms with E-state index in [1.165, 1.54) is 0 Å². The van der Waals surface area contributed by atoms with Crippen LogP contribution in [0, 0.1) is 0 Å². The lowest BCUT2D eigenvalue weighted by atomic mass is 10.0. The SMILES string of the molecule is CCN(C)C(CN)c1ccc(OC)c(OC)c1Cl. The van der Waals surface area contributed by atoms with Gasteiger partial charge in [0.05, 0.1) is 19.2 Å². The molecule has 0 aliphatic carbocycles. The normalized spacial score (nSPS) is 12.6. The van der Waals surface area contributed by atoms with Gasteiger partial charge < -0.3 is 15.2 Å². The number of rotatable bonds is 6. The van der Waals surface area contributed by atoms with Gasteiger partial charge in [0, 0.05) is 12.6 Å². The van der Waals surface area contributed by atoms with Crippen molar-refractivity contribution in [2.45, 2.75) is 13.0 Å². The number of hydrogen-bond acceptors (Lipinski definition) is 4. The van der Waals surface area contributed by atoms with Crippen molar-refractivity contribution >= 4 is 11.6 Å². The summed E-state index contributed by atoms with van der Waals surface area (Å²) < 4.78 is 10.5. The molecule has 0 bridgehead atoms. The number of methoxy groups -OCH3 is 2. The Kier molecular flexibility index (Phi) is 5.72. The van der Waals surface area contributed by atoms with E-state index >= 15 is 0 Å². The fourth-order valence-corrected chi connectivity index (χ4v) is 2.29. The zero-order chi connectivity index (χ0) is 13.7. The number of nitrogens with zero attached hydrogens (tertiary/aromatic N) is 1. The Labute approximate surface area is 114 Å². The topological polar surface area (TPSA) is 47.7 Å². The molecule has 0 aromatic heterocycles. The maximum Gasteiger partial charge on any atom is 0.179 e. The van der Waals surface area contributed by atoms with Crippen molar-refractivity contribution in [1.29, 1.82) is 0 Å². The molecular formula is C13H21ClN2O2. The highest BCUT2D eigenvalue weighted by molar-refractivity contribution is 6.33. The Morgan fingerprint density at radius 1 is 1.33 bits per heavy atom. The molecule has 102 valence electrons. The molecule has 0 fully saturated rings. The van der Waals surface area contributed by atoms with E-state index in [9.17, 15) is 0 Å². The van der Waals surface area contributed by atoms with Crippen LogP contribution in [-0.4, -0.2) is 39.3 Å². The van der Waals surface area contributed by atoms with E-state index in [4.69, 9.17) is 26.8 Å². The summed E-state index contributed by atoms with van der Waals surface area (Å²) in [5, 5.41) is 0.563. The average molecular weight is 273 g/mol. The molecule has 0 heterocycles. The number of ether oxygens (including phenoxy) is 2. The molecule has 1 rings (SSSR count). The second-order valence-electron chi connectivity index (χ2n) is 4.03. The number of hydrogen-bond donors (Lipinski definition) is 1. The van der Waals surface area contributed by atoms with Crippen molar-refractivity contribution in [3.8, 4) is 11.5 Å². The maximum atomic E-state index is 6.38. The van der Waals surface area contributed by atoms with Crippen LogP contribution in [0.1, 0.15) is 18.5 Å². The number of halogens is 1. The molecule has 0 saturated carbocycles. The van der Waals surface area contributed by atoms with Gasteiger partial charge in [-0.25, -0.2) is 0 Å². The summed E-state index contributed by atoms with van der Waals surface area (Å²) in [5.41, 5.74) is 6.80. The lowest BCUT2D eigenvalue weighted by molar-refractivity contribution is 0.262. The van der Waals surface area contributed by atoms with Crippen LogP contribution in [0.4, 0.5) is 0 Å². The molecule has 5 heteroatoms. The lowest BCUT2D eigenvalue weighted by Gasteiger charge is -2.27. The summed E-state index contributed by atoms with van der Waals surface area (Å²) in [6, 6.07) is 3.86. The van der Waals surface area contributed by atoms with Crippen molar-refractivity contribution < 1.29 is 9.47 Å². The molecule has 18 heavy (non-hydrogen) atoms. The van der Waals surface area contributed by atoms with Gasteiger partial charge in [0.1, 0.15) is 0 Å². The fraction of sp³-hybridized carbons (Fsp3) is 0.538. The van der Waals surface area contributed by atoms with Crippen molar-refractivity contribution in [3.63, 3.8) is 0 Å². The average Bonchev–Trinajstić information content (AvgIpc) is 2.40. The molecule has 0 spiro atoms. The van der Waals surface area contributed by atoms with Gasteiger partial charge in [0.15, 0.2) is 11.5 Å². The minimum Gasteiger partial charge on any atom is -0.493 e. The zero-order valence-corrected chi connectivity index (χ0v) is 12.1. The lowest BCUT2D eigenvalue weighted by Crippen LogP contribution is -2.30. The molecule has 1 atom stereocenters. The van der Waals surface area contributed by atoms with Crippen LogP contribution in [-0.2, 0) is 0 Å². The summed E-state index contributed by atoms with van der Waals surface area (Å²) in [4.78, 5) is 2.15. The van der Waals surface area contributed by atoms with E-state index in [1.54, 1.807) is 14.2 Å². The first-order valence-corrected chi connectivity index (χ1v) is 6.29. The van der Waals surface area contributed by atoms with Crippen molar-refractivity contribution in [2.24, 2.45) is 5.73 Å². The molecule has 2 N–H and O–H groups in total. The Morgan fingerprint density at radius 3 is 2.44 bits per heavy atom. The molecule has 0 saturated heterocycles. The van der Waals surface area contributed by atoms with Gasteiger partial charge in [-0.3, -0.25) is 4.90 Å². The second kappa shape index (κ2) is 6.83. The molecular weight excluding hydrogens is 252 g/mol. The monoisotopic (exact) mass is 272 g/mol. The Bertz CT molecular complexity index is 399. The second-order valence-corrected chi connectivity index (χ2v) is 4.41. The van der Waals surface area contributed by atoms with Crippen LogP contribution >= 0.6 is 11.6 Å². The van der Waals surface area contributed by atoms with Crippen LogP contribution in [0.3, 0.4) is 0 Å². The molecule has 0 aliphatic rings. The quantitative estimate of drug-likeness (QED) is 0.863. The van der Waals surface area contributed by atoms with E-state index < -0.39 is 0 Å². The predicted octanol–water partition coefficient (Wildman–Crippen LogP) is 2.31. The highest BCUT2D eigenvalue weighted by Gasteiger charge is 2.21. The first-order valence-electron chi connectivity index (χ1n) is 5.91. The van der Waals surface area contributed by atoms with Crippen LogP contribution in [0.15, 0.2) is 12.1 Å². The summed E-state index contributed by atoms with van der Waals surface area (Å²) in [6.45, 7) is 3.48. The summed E-state index contributed by atoms with van der Waals surface area (Å²) in [5.74, 6) is 1.18. The highest BCUT2D eigenvalue weighted by atomic mass is 35.5. The van der Waals surface area contributed by atoms with Gasteiger partial charge in [-0.1, -0.05) is 24.6 Å². The number of likely N-dealkylation sites (N-methyl/N-ethyl adjacent to an activating group) is 1. The smallest absolute Gasteiger partial charge is 0.179 e. The first kappa shape index (κ1) is 15.1. The van der Waals surface area contributed by atoms with Gasteiger partial charge in [-0.2, -0.15) is 0 Å². The maximum absolute atomic E-state index is 6.38. The Balaban J connectivity index is 3.24. The molecule has 0 aliphatic heterocycles. The van der Waals surface area contributed by atoms with Gasteiger partial charge in [0.25, 0.3) is 0 Å². The van der Waals surface area contributed by atoms with E-state index in [-0.39, 0.29) is 6.04 Å². The number of nitrogens with two attached hydrogens (primary N) is 1. The van der Waals surface area contributed by atoms with Crippen molar-refractivity contribution in [3.05, 3.63) is 22.7 Å².